The first-order valence-corrected chi connectivity index (χ1v) is 8.83. The van der Waals surface area contributed by atoms with Crippen LogP contribution in [0.3, 0.4) is 0 Å². The van der Waals surface area contributed by atoms with Gasteiger partial charge in [0.2, 0.25) is 5.89 Å². The summed E-state index contributed by atoms with van der Waals surface area (Å²) < 4.78 is 24.3. The van der Waals surface area contributed by atoms with Gasteiger partial charge in [0, 0.05) is 22.9 Å². The topological polar surface area (TPSA) is 64.4 Å². The van der Waals surface area contributed by atoms with Crippen LogP contribution in [0, 0.1) is 5.82 Å². The van der Waals surface area contributed by atoms with Crippen molar-refractivity contribution >= 4 is 22.7 Å². The van der Waals surface area contributed by atoms with Crippen molar-refractivity contribution in [3.63, 3.8) is 0 Å². The molecule has 0 bridgehead atoms. The van der Waals surface area contributed by atoms with E-state index in [1.54, 1.807) is 54.6 Å². The molecule has 3 aromatic carbocycles. The van der Waals surface area contributed by atoms with Crippen molar-refractivity contribution in [2.45, 2.75) is 6.92 Å². The number of rotatable bonds is 5. The Kier molecular flexibility index (Phi) is 4.76. The molecule has 140 valence electrons. The molecule has 0 atom stereocenters. The van der Waals surface area contributed by atoms with Crippen molar-refractivity contribution in [2.24, 2.45) is 0 Å². The number of nitrogens with zero attached hydrogens (tertiary/aromatic N) is 1. The monoisotopic (exact) mass is 376 g/mol. The van der Waals surface area contributed by atoms with E-state index in [9.17, 15) is 9.18 Å². The summed E-state index contributed by atoms with van der Waals surface area (Å²) in [6.07, 6.45) is 0. The van der Waals surface area contributed by atoms with Crippen LogP contribution in [0.25, 0.3) is 22.6 Å². The molecule has 0 aliphatic rings. The number of hydrogen-bond acceptors (Lipinski definition) is 4. The van der Waals surface area contributed by atoms with Gasteiger partial charge < -0.3 is 14.5 Å². The molecule has 28 heavy (non-hydrogen) atoms. The van der Waals surface area contributed by atoms with Gasteiger partial charge in [-0.05, 0) is 61.5 Å². The third-order valence-corrected chi connectivity index (χ3v) is 4.14. The number of oxazole rings is 1. The zero-order valence-electron chi connectivity index (χ0n) is 15.1. The summed E-state index contributed by atoms with van der Waals surface area (Å²) in [6.45, 7) is 2.42. The lowest BCUT2D eigenvalue weighted by molar-refractivity contribution is 0.102. The predicted molar refractivity (Wildman–Crippen MR) is 105 cm³/mol. The third-order valence-electron chi connectivity index (χ3n) is 4.14. The number of ether oxygens (including phenoxy) is 1. The number of carbonyl (C=O) groups excluding carboxylic acids is 1. The van der Waals surface area contributed by atoms with Crippen molar-refractivity contribution in [2.75, 3.05) is 11.9 Å². The van der Waals surface area contributed by atoms with Gasteiger partial charge in [0.05, 0.1) is 6.61 Å². The summed E-state index contributed by atoms with van der Waals surface area (Å²) in [4.78, 5) is 16.9. The Labute approximate surface area is 160 Å². The summed E-state index contributed by atoms with van der Waals surface area (Å²) in [6, 6.07) is 18.1. The molecule has 0 radical (unpaired) electrons. The highest BCUT2D eigenvalue weighted by molar-refractivity contribution is 6.05. The average Bonchev–Trinajstić information content (AvgIpc) is 3.12. The molecule has 1 N–H and O–H groups in total. The fourth-order valence-electron chi connectivity index (χ4n) is 2.82. The summed E-state index contributed by atoms with van der Waals surface area (Å²) >= 11 is 0. The Balaban J connectivity index is 1.57. The first-order valence-electron chi connectivity index (χ1n) is 8.83. The molecule has 0 aliphatic carbocycles. The normalized spacial score (nSPS) is 10.8. The number of amides is 1. The molecule has 1 heterocycles. The largest absolute Gasteiger partial charge is 0.494 e. The van der Waals surface area contributed by atoms with Crippen LogP contribution in [0.1, 0.15) is 17.3 Å². The highest BCUT2D eigenvalue weighted by Crippen LogP contribution is 2.27. The average molecular weight is 376 g/mol. The van der Waals surface area contributed by atoms with Crippen LogP contribution in [-0.2, 0) is 0 Å². The lowest BCUT2D eigenvalue weighted by atomic mass is 10.2. The lowest BCUT2D eigenvalue weighted by Crippen LogP contribution is -2.11. The lowest BCUT2D eigenvalue weighted by Gasteiger charge is -2.07. The second-order valence-corrected chi connectivity index (χ2v) is 6.12. The first-order chi connectivity index (χ1) is 13.6. The molecule has 0 saturated carbocycles. The van der Waals surface area contributed by atoms with Crippen molar-refractivity contribution in [3.05, 3.63) is 78.1 Å². The minimum Gasteiger partial charge on any atom is -0.494 e. The van der Waals surface area contributed by atoms with E-state index in [1.165, 1.54) is 12.1 Å². The van der Waals surface area contributed by atoms with Crippen molar-refractivity contribution in [1.29, 1.82) is 0 Å². The number of benzene rings is 3. The molecule has 1 aromatic heterocycles. The highest BCUT2D eigenvalue weighted by atomic mass is 19.1. The number of nitrogens with one attached hydrogen (secondary N) is 1. The van der Waals surface area contributed by atoms with Crippen LogP contribution < -0.4 is 10.1 Å². The smallest absolute Gasteiger partial charge is 0.255 e. The van der Waals surface area contributed by atoms with E-state index in [4.69, 9.17) is 9.15 Å². The Bertz CT molecular complexity index is 1140. The van der Waals surface area contributed by atoms with Crippen LogP contribution in [0.2, 0.25) is 0 Å². The Morgan fingerprint density at radius 3 is 2.71 bits per heavy atom. The molecule has 5 nitrogen and oxygen atoms in total. The molecule has 4 rings (SSSR count). The Hall–Kier alpha value is -3.67. The van der Waals surface area contributed by atoms with E-state index >= 15 is 0 Å². The first kappa shape index (κ1) is 17.7. The van der Waals surface area contributed by atoms with Gasteiger partial charge in [0.25, 0.3) is 5.91 Å². The van der Waals surface area contributed by atoms with Gasteiger partial charge >= 0.3 is 0 Å². The standard InChI is InChI=1S/C22H17FN2O3/c1-2-27-18-5-3-4-15(12-18)21(26)24-17-10-11-19-20(13-17)28-22(25-19)14-6-8-16(23)9-7-14/h3-13H,2H2,1H3,(H,24,26). The molecule has 0 spiro atoms. The molecule has 4 aromatic rings. The Morgan fingerprint density at radius 1 is 1.11 bits per heavy atom. The fraction of sp³-hybridized carbons (Fsp3) is 0.0909. The maximum atomic E-state index is 13.1. The summed E-state index contributed by atoms with van der Waals surface area (Å²) in [7, 11) is 0. The van der Waals surface area contributed by atoms with Gasteiger partial charge in [-0.15, -0.1) is 0 Å². The zero-order valence-corrected chi connectivity index (χ0v) is 15.1. The summed E-state index contributed by atoms with van der Waals surface area (Å²) in [5, 5.41) is 2.84. The number of carbonyl (C=O) groups is 1. The number of halogens is 1. The van der Waals surface area contributed by atoms with Crippen LogP contribution in [-0.4, -0.2) is 17.5 Å². The van der Waals surface area contributed by atoms with Gasteiger partial charge in [-0.2, -0.15) is 0 Å². The third kappa shape index (κ3) is 3.71. The van der Waals surface area contributed by atoms with Crippen LogP contribution in [0.4, 0.5) is 10.1 Å². The molecular formula is C22H17FN2O3. The summed E-state index contributed by atoms with van der Waals surface area (Å²) in [5.41, 5.74) is 2.93. The number of anilines is 1. The van der Waals surface area contributed by atoms with Gasteiger partial charge in [-0.3, -0.25) is 4.79 Å². The van der Waals surface area contributed by atoms with Gasteiger partial charge in [-0.1, -0.05) is 6.07 Å². The fourth-order valence-corrected chi connectivity index (χ4v) is 2.82. The molecule has 0 fully saturated rings. The molecule has 1 amide bonds. The van der Waals surface area contributed by atoms with E-state index in [0.717, 1.165) is 0 Å². The van der Waals surface area contributed by atoms with Gasteiger partial charge in [0.15, 0.2) is 5.58 Å². The van der Waals surface area contributed by atoms with E-state index in [1.807, 2.05) is 6.92 Å². The molecule has 0 aliphatic heterocycles. The molecule has 6 heteroatoms. The van der Waals surface area contributed by atoms with Crippen molar-refractivity contribution in [1.82, 2.24) is 4.98 Å². The summed E-state index contributed by atoms with van der Waals surface area (Å²) in [5.74, 6) is 0.463. The quantitative estimate of drug-likeness (QED) is 0.514. The van der Waals surface area contributed by atoms with Crippen molar-refractivity contribution in [3.8, 4) is 17.2 Å². The molecule has 0 unspecified atom stereocenters. The molecular weight excluding hydrogens is 359 g/mol. The zero-order chi connectivity index (χ0) is 19.5. The second-order valence-electron chi connectivity index (χ2n) is 6.12. The van der Waals surface area contributed by atoms with E-state index in [2.05, 4.69) is 10.3 Å². The highest BCUT2D eigenvalue weighted by Gasteiger charge is 2.11. The van der Waals surface area contributed by atoms with Gasteiger partial charge in [-0.25, -0.2) is 9.37 Å². The minimum atomic E-state index is -0.321. The number of fused-ring (bicyclic) bond motifs is 1. The SMILES string of the molecule is CCOc1cccc(C(=O)Nc2ccc3nc(-c4ccc(F)cc4)oc3c2)c1. The minimum absolute atomic E-state index is 0.251. The van der Waals surface area contributed by atoms with Crippen LogP contribution in [0.15, 0.2) is 71.1 Å². The molecule has 0 saturated heterocycles. The van der Waals surface area contributed by atoms with Crippen LogP contribution in [0.5, 0.6) is 5.75 Å². The predicted octanol–water partition coefficient (Wildman–Crippen LogP) is 5.28. The maximum absolute atomic E-state index is 13.1. The Morgan fingerprint density at radius 2 is 1.93 bits per heavy atom. The number of aromatic nitrogens is 1. The maximum Gasteiger partial charge on any atom is 0.255 e. The number of hydrogen-bond donors (Lipinski definition) is 1. The van der Waals surface area contributed by atoms with E-state index in [-0.39, 0.29) is 11.7 Å². The van der Waals surface area contributed by atoms with Crippen molar-refractivity contribution < 1.29 is 18.3 Å². The van der Waals surface area contributed by atoms with Crippen LogP contribution >= 0.6 is 0 Å². The van der Waals surface area contributed by atoms with Gasteiger partial charge in [0.1, 0.15) is 17.1 Å². The second kappa shape index (κ2) is 7.52. The van der Waals surface area contributed by atoms with E-state index in [0.29, 0.717) is 46.2 Å². The van der Waals surface area contributed by atoms with E-state index < -0.39 is 0 Å².